The number of hydrogen-bond donors (Lipinski definition) is 0. The summed E-state index contributed by atoms with van der Waals surface area (Å²) >= 11 is 0. The normalized spacial score (nSPS) is 13.6. The standard InChI is InChI=1S/C12H12FNO2/c1-3-16-11(15)12(2,8-14)9-4-6-10(13)7-5-9/h4-7H,3H2,1-2H3. The fraction of sp³-hybridized carbons (Fsp3) is 0.333. The molecule has 0 saturated carbocycles. The van der Waals surface area contributed by atoms with Crippen LogP contribution in [-0.4, -0.2) is 12.6 Å². The second-order valence-corrected chi connectivity index (χ2v) is 3.46. The van der Waals surface area contributed by atoms with Crippen LogP contribution in [0.15, 0.2) is 24.3 Å². The molecule has 0 aliphatic rings. The zero-order chi connectivity index (χ0) is 12.2. The van der Waals surface area contributed by atoms with Crippen LogP contribution >= 0.6 is 0 Å². The van der Waals surface area contributed by atoms with E-state index in [9.17, 15) is 9.18 Å². The Morgan fingerprint density at radius 2 is 2.06 bits per heavy atom. The molecule has 0 aromatic heterocycles. The highest BCUT2D eigenvalue weighted by Gasteiger charge is 2.37. The minimum Gasteiger partial charge on any atom is -0.465 e. The number of benzene rings is 1. The van der Waals surface area contributed by atoms with Crippen LogP contribution < -0.4 is 0 Å². The van der Waals surface area contributed by atoms with Crippen LogP contribution in [0.1, 0.15) is 19.4 Å². The highest BCUT2D eigenvalue weighted by molar-refractivity contribution is 5.86. The van der Waals surface area contributed by atoms with Crippen molar-refractivity contribution in [3.05, 3.63) is 35.6 Å². The van der Waals surface area contributed by atoms with Gasteiger partial charge in [0.05, 0.1) is 12.7 Å². The minimum absolute atomic E-state index is 0.206. The van der Waals surface area contributed by atoms with E-state index in [1.54, 1.807) is 6.92 Å². The van der Waals surface area contributed by atoms with E-state index < -0.39 is 17.2 Å². The summed E-state index contributed by atoms with van der Waals surface area (Å²) in [6, 6.07) is 7.15. The lowest BCUT2D eigenvalue weighted by Gasteiger charge is -2.19. The molecule has 0 spiro atoms. The molecule has 0 N–H and O–H groups in total. The van der Waals surface area contributed by atoms with Gasteiger partial charge in [-0.15, -0.1) is 0 Å². The van der Waals surface area contributed by atoms with Crippen molar-refractivity contribution in [3.63, 3.8) is 0 Å². The van der Waals surface area contributed by atoms with Crippen molar-refractivity contribution in [2.24, 2.45) is 0 Å². The number of nitrogens with zero attached hydrogens (tertiary/aromatic N) is 1. The average molecular weight is 221 g/mol. The Morgan fingerprint density at radius 3 is 2.50 bits per heavy atom. The number of halogens is 1. The fourth-order valence-electron chi connectivity index (χ4n) is 1.29. The van der Waals surface area contributed by atoms with Crippen molar-refractivity contribution in [3.8, 4) is 6.07 Å². The number of esters is 1. The van der Waals surface area contributed by atoms with E-state index in [1.807, 2.05) is 6.07 Å². The van der Waals surface area contributed by atoms with E-state index in [4.69, 9.17) is 10.00 Å². The summed E-state index contributed by atoms with van der Waals surface area (Å²) in [6.07, 6.45) is 0. The first-order chi connectivity index (χ1) is 7.54. The molecule has 84 valence electrons. The lowest BCUT2D eigenvalue weighted by Crippen LogP contribution is -2.32. The van der Waals surface area contributed by atoms with Crippen LogP contribution in [0.5, 0.6) is 0 Å². The van der Waals surface area contributed by atoms with E-state index in [2.05, 4.69) is 0 Å². The summed E-state index contributed by atoms with van der Waals surface area (Å²) in [5, 5.41) is 9.06. The van der Waals surface area contributed by atoms with Gasteiger partial charge in [0.15, 0.2) is 5.41 Å². The molecule has 1 aromatic rings. The molecule has 1 rings (SSSR count). The average Bonchev–Trinajstić information content (AvgIpc) is 2.29. The predicted octanol–water partition coefficient (Wildman–Crippen LogP) is 2.17. The van der Waals surface area contributed by atoms with E-state index in [0.717, 1.165) is 0 Å². The summed E-state index contributed by atoms with van der Waals surface area (Å²) in [5.74, 6) is -1.03. The fourth-order valence-corrected chi connectivity index (χ4v) is 1.29. The lowest BCUT2D eigenvalue weighted by atomic mass is 9.84. The Hall–Kier alpha value is -1.89. The van der Waals surface area contributed by atoms with Crippen molar-refractivity contribution < 1.29 is 13.9 Å². The quantitative estimate of drug-likeness (QED) is 0.735. The first-order valence-electron chi connectivity index (χ1n) is 4.89. The Bertz CT molecular complexity index is 422. The molecule has 0 radical (unpaired) electrons. The van der Waals surface area contributed by atoms with Gasteiger partial charge in [0, 0.05) is 0 Å². The van der Waals surface area contributed by atoms with Crippen LogP contribution in [0.4, 0.5) is 4.39 Å². The van der Waals surface area contributed by atoms with Gasteiger partial charge < -0.3 is 4.74 Å². The molecule has 0 fully saturated rings. The Labute approximate surface area is 93.5 Å². The van der Waals surface area contributed by atoms with E-state index in [1.165, 1.54) is 31.2 Å². The number of hydrogen-bond acceptors (Lipinski definition) is 3. The molecule has 3 nitrogen and oxygen atoms in total. The van der Waals surface area contributed by atoms with Crippen LogP contribution in [0.25, 0.3) is 0 Å². The number of nitriles is 1. The van der Waals surface area contributed by atoms with Gasteiger partial charge in [0.2, 0.25) is 0 Å². The SMILES string of the molecule is CCOC(=O)C(C)(C#N)c1ccc(F)cc1. The Kier molecular flexibility index (Phi) is 3.62. The molecule has 16 heavy (non-hydrogen) atoms. The van der Waals surface area contributed by atoms with Crippen molar-refractivity contribution >= 4 is 5.97 Å². The Balaban J connectivity index is 3.10. The van der Waals surface area contributed by atoms with Crippen molar-refractivity contribution in [1.82, 2.24) is 0 Å². The first kappa shape index (κ1) is 12.2. The third kappa shape index (κ3) is 2.19. The van der Waals surface area contributed by atoms with Gasteiger partial charge in [0.25, 0.3) is 0 Å². The molecule has 4 heteroatoms. The maximum Gasteiger partial charge on any atom is 0.330 e. The zero-order valence-corrected chi connectivity index (χ0v) is 9.16. The number of carbonyl (C=O) groups is 1. The molecule has 1 unspecified atom stereocenters. The second kappa shape index (κ2) is 4.75. The van der Waals surface area contributed by atoms with E-state index >= 15 is 0 Å². The van der Waals surface area contributed by atoms with Crippen LogP contribution in [-0.2, 0) is 14.9 Å². The van der Waals surface area contributed by atoms with Gasteiger partial charge in [-0.1, -0.05) is 12.1 Å². The van der Waals surface area contributed by atoms with E-state index in [-0.39, 0.29) is 6.61 Å². The van der Waals surface area contributed by atoms with Gasteiger partial charge in [-0.25, -0.2) is 9.18 Å². The summed E-state index contributed by atoms with van der Waals surface area (Å²) in [7, 11) is 0. The molecule has 0 amide bonds. The van der Waals surface area contributed by atoms with Gasteiger partial charge in [-0.05, 0) is 31.5 Å². The van der Waals surface area contributed by atoms with Gasteiger partial charge >= 0.3 is 5.97 Å². The largest absolute Gasteiger partial charge is 0.465 e. The van der Waals surface area contributed by atoms with E-state index in [0.29, 0.717) is 5.56 Å². The highest BCUT2D eigenvalue weighted by atomic mass is 19.1. The molecule has 1 aromatic carbocycles. The smallest absolute Gasteiger partial charge is 0.330 e. The molecule has 0 saturated heterocycles. The minimum atomic E-state index is -1.39. The van der Waals surface area contributed by atoms with Crippen LogP contribution in [0.3, 0.4) is 0 Å². The summed E-state index contributed by atoms with van der Waals surface area (Å²) < 4.78 is 17.6. The maximum atomic E-state index is 12.7. The van der Waals surface area contributed by atoms with Gasteiger partial charge in [-0.3, -0.25) is 0 Å². The molecular weight excluding hydrogens is 209 g/mol. The van der Waals surface area contributed by atoms with Gasteiger partial charge in [-0.2, -0.15) is 5.26 Å². The molecule has 0 aliphatic heterocycles. The van der Waals surface area contributed by atoms with Gasteiger partial charge in [0.1, 0.15) is 5.82 Å². The topological polar surface area (TPSA) is 50.1 Å². The second-order valence-electron chi connectivity index (χ2n) is 3.46. The molecule has 0 heterocycles. The zero-order valence-electron chi connectivity index (χ0n) is 9.16. The van der Waals surface area contributed by atoms with Crippen molar-refractivity contribution in [1.29, 1.82) is 5.26 Å². The molecular formula is C12H12FNO2. The summed E-state index contributed by atoms with van der Waals surface area (Å²) in [6.45, 7) is 3.33. The van der Waals surface area contributed by atoms with Crippen molar-refractivity contribution in [2.75, 3.05) is 6.61 Å². The van der Waals surface area contributed by atoms with Crippen LogP contribution in [0.2, 0.25) is 0 Å². The molecule has 1 atom stereocenters. The first-order valence-corrected chi connectivity index (χ1v) is 4.89. The van der Waals surface area contributed by atoms with Crippen LogP contribution in [0, 0.1) is 17.1 Å². The van der Waals surface area contributed by atoms with Crippen molar-refractivity contribution in [2.45, 2.75) is 19.3 Å². The number of carbonyl (C=O) groups excluding carboxylic acids is 1. The predicted molar refractivity (Wildman–Crippen MR) is 56.0 cm³/mol. The highest BCUT2D eigenvalue weighted by Crippen LogP contribution is 2.24. The number of ether oxygens (including phenoxy) is 1. The monoisotopic (exact) mass is 221 g/mol. The number of rotatable bonds is 3. The third-order valence-electron chi connectivity index (χ3n) is 2.33. The lowest BCUT2D eigenvalue weighted by molar-refractivity contribution is -0.147. The molecule has 0 bridgehead atoms. The molecule has 0 aliphatic carbocycles. The summed E-state index contributed by atoms with van der Waals surface area (Å²) in [5.41, 5.74) is -0.959. The Morgan fingerprint density at radius 1 is 1.50 bits per heavy atom. The summed E-state index contributed by atoms with van der Waals surface area (Å²) in [4.78, 5) is 11.6. The third-order valence-corrected chi connectivity index (χ3v) is 2.33. The maximum absolute atomic E-state index is 12.7.